The SMILES string of the molecule is CC(C)Cc1c([N+](=O)[O-])cccc1[N+](=O)[O-]. The number of rotatable bonds is 4. The van der Waals surface area contributed by atoms with Crippen molar-refractivity contribution >= 4 is 11.4 Å². The van der Waals surface area contributed by atoms with Crippen molar-refractivity contribution in [3.8, 4) is 0 Å². The summed E-state index contributed by atoms with van der Waals surface area (Å²) in [5, 5.41) is 21.5. The molecule has 0 N–H and O–H groups in total. The molecular formula is C10H12N2O4. The first-order chi connectivity index (χ1) is 7.43. The summed E-state index contributed by atoms with van der Waals surface area (Å²) in [7, 11) is 0. The summed E-state index contributed by atoms with van der Waals surface area (Å²) in [5.41, 5.74) is -0.154. The molecular weight excluding hydrogens is 212 g/mol. The lowest BCUT2D eigenvalue weighted by atomic mass is 9.99. The molecule has 16 heavy (non-hydrogen) atoms. The maximum atomic E-state index is 10.8. The van der Waals surface area contributed by atoms with Gasteiger partial charge in [-0.25, -0.2) is 0 Å². The molecule has 0 aliphatic carbocycles. The van der Waals surface area contributed by atoms with Crippen molar-refractivity contribution in [2.45, 2.75) is 20.3 Å². The van der Waals surface area contributed by atoms with Gasteiger partial charge in [0.15, 0.2) is 0 Å². The fourth-order valence-electron chi connectivity index (χ4n) is 1.52. The predicted octanol–water partition coefficient (Wildman–Crippen LogP) is 2.70. The molecule has 1 aromatic rings. The van der Waals surface area contributed by atoms with E-state index in [1.807, 2.05) is 13.8 Å². The van der Waals surface area contributed by atoms with Crippen LogP contribution in [-0.2, 0) is 6.42 Å². The second-order valence-electron chi connectivity index (χ2n) is 3.89. The smallest absolute Gasteiger partial charge is 0.258 e. The second kappa shape index (κ2) is 4.69. The van der Waals surface area contributed by atoms with Crippen LogP contribution in [0.25, 0.3) is 0 Å². The normalized spacial score (nSPS) is 10.4. The van der Waals surface area contributed by atoms with Crippen LogP contribution in [0, 0.1) is 26.1 Å². The van der Waals surface area contributed by atoms with Gasteiger partial charge in [0.2, 0.25) is 0 Å². The Balaban J connectivity index is 3.34. The molecule has 0 radical (unpaired) electrons. The van der Waals surface area contributed by atoms with Gasteiger partial charge in [0.05, 0.1) is 9.85 Å². The molecule has 0 spiro atoms. The third kappa shape index (κ3) is 2.53. The molecule has 86 valence electrons. The lowest BCUT2D eigenvalue weighted by Gasteiger charge is -2.06. The van der Waals surface area contributed by atoms with Crippen molar-refractivity contribution in [1.29, 1.82) is 0 Å². The van der Waals surface area contributed by atoms with E-state index >= 15 is 0 Å². The summed E-state index contributed by atoms with van der Waals surface area (Å²) >= 11 is 0. The quantitative estimate of drug-likeness (QED) is 0.581. The zero-order valence-electron chi connectivity index (χ0n) is 9.04. The molecule has 0 amide bonds. The first kappa shape index (κ1) is 12.1. The Kier molecular flexibility index (Phi) is 3.55. The molecule has 0 fully saturated rings. The maximum Gasteiger partial charge on any atom is 0.279 e. The largest absolute Gasteiger partial charge is 0.279 e. The van der Waals surface area contributed by atoms with E-state index in [4.69, 9.17) is 0 Å². The maximum absolute atomic E-state index is 10.8. The van der Waals surface area contributed by atoms with Crippen molar-refractivity contribution in [2.75, 3.05) is 0 Å². The Bertz CT molecular complexity index is 397. The van der Waals surface area contributed by atoms with E-state index in [-0.39, 0.29) is 22.9 Å². The summed E-state index contributed by atoms with van der Waals surface area (Å²) in [6, 6.07) is 3.93. The van der Waals surface area contributed by atoms with Crippen LogP contribution < -0.4 is 0 Å². The zero-order chi connectivity index (χ0) is 12.3. The van der Waals surface area contributed by atoms with Gasteiger partial charge in [-0.05, 0) is 18.4 Å². The van der Waals surface area contributed by atoms with Crippen LogP contribution in [0.2, 0.25) is 0 Å². The number of nitro groups is 2. The Morgan fingerprint density at radius 2 is 1.56 bits per heavy atom. The average Bonchev–Trinajstić information content (AvgIpc) is 2.16. The fraction of sp³-hybridized carbons (Fsp3) is 0.400. The van der Waals surface area contributed by atoms with E-state index in [0.717, 1.165) is 0 Å². The molecule has 0 aliphatic heterocycles. The highest BCUT2D eigenvalue weighted by Crippen LogP contribution is 2.30. The van der Waals surface area contributed by atoms with Gasteiger partial charge in [0.25, 0.3) is 11.4 Å². The number of nitro benzene ring substituents is 2. The van der Waals surface area contributed by atoms with Crippen molar-refractivity contribution < 1.29 is 9.85 Å². The van der Waals surface area contributed by atoms with Crippen molar-refractivity contribution in [3.63, 3.8) is 0 Å². The fourth-order valence-corrected chi connectivity index (χ4v) is 1.52. The molecule has 1 rings (SSSR count). The lowest BCUT2D eigenvalue weighted by Crippen LogP contribution is -2.04. The summed E-state index contributed by atoms with van der Waals surface area (Å²) in [6.07, 6.45) is 0.327. The molecule has 0 atom stereocenters. The minimum atomic E-state index is -0.579. The van der Waals surface area contributed by atoms with Crippen LogP contribution in [0.5, 0.6) is 0 Å². The van der Waals surface area contributed by atoms with Gasteiger partial charge in [-0.2, -0.15) is 0 Å². The van der Waals surface area contributed by atoms with Gasteiger partial charge >= 0.3 is 0 Å². The standard InChI is InChI=1S/C10H12N2O4/c1-7(2)6-8-9(11(13)14)4-3-5-10(8)12(15)16/h3-5,7H,6H2,1-2H3. The van der Waals surface area contributed by atoms with Crippen LogP contribution in [0.15, 0.2) is 18.2 Å². The Morgan fingerprint density at radius 1 is 1.12 bits per heavy atom. The van der Waals surface area contributed by atoms with Crippen molar-refractivity contribution in [1.82, 2.24) is 0 Å². The van der Waals surface area contributed by atoms with Crippen LogP contribution in [0.1, 0.15) is 19.4 Å². The van der Waals surface area contributed by atoms with Gasteiger partial charge in [-0.15, -0.1) is 0 Å². The summed E-state index contributed by atoms with van der Waals surface area (Å²) in [4.78, 5) is 20.4. The summed E-state index contributed by atoms with van der Waals surface area (Å²) < 4.78 is 0. The molecule has 0 aliphatic rings. The van der Waals surface area contributed by atoms with E-state index in [9.17, 15) is 20.2 Å². The molecule has 6 nitrogen and oxygen atoms in total. The first-order valence-corrected chi connectivity index (χ1v) is 4.84. The molecule has 0 bridgehead atoms. The lowest BCUT2D eigenvalue weighted by molar-refractivity contribution is -0.395. The topological polar surface area (TPSA) is 86.3 Å². The monoisotopic (exact) mass is 224 g/mol. The van der Waals surface area contributed by atoms with Crippen LogP contribution >= 0.6 is 0 Å². The zero-order valence-corrected chi connectivity index (χ0v) is 9.04. The Hall–Kier alpha value is -1.98. The highest BCUT2D eigenvalue weighted by atomic mass is 16.6. The molecule has 0 saturated carbocycles. The van der Waals surface area contributed by atoms with E-state index in [1.165, 1.54) is 18.2 Å². The van der Waals surface area contributed by atoms with Crippen molar-refractivity contribution in [2.24, 2.45) is 5.92 Å². The van der Waals surface area contributed by atoms with E-state index in [1.54, 1.807) is 0 Å². The van der Waals surface area contributed by atoms with Gasteiger partial charge in [-0.3, -0.25) is 20.2 Å². The van der Waals surface area contributed by atoms with Gasteiger partial charge in [0.1, 0.15) is 5.56 Å². The van der Waals surface area contributed by atoms with Gasteiger partial charge in [-0.1, -0.05) is 13.8 Å². The Morgan fingerprint density at radius 3 is 1.88 bits per heavy atom. The van der Waals surface area contributed by atoms with Crippen LogP contribution in [-0.4, -0.2) is 9.85 Å². The van der Waals surface area contributed by atoms with E-state index in [0.29, 0.717) is 6.42 Å². The van der Waals surface area contributed by atoms with E-state index in [2.05, 4.69) is 0 Å². The predicted molar refractivity (Wildman–Crippen MR) is 58.3 cm³/mol. The molecule has 0 heterocycles. The molecule has 6 heteroatoms. The summed E-state index contributed by atoms with van der Waals surface area (Å²) in [5.74, 6) is 0.125. The molecule has 0 unspecified atom stereocenters. The summed E-state index contributed by atoms with van der Waals surface area (Å²) in [6.45, 7) is 3.72. The number of hydrogen-bond donors (Lipinski definition) is 0. The van der Waals surface area contributed by atoms with Crippen LogP contribution in [0.3, 0.4) is 0 Å². The highest BCUT2D eigenvalue weighted by Gasteiger charge is 2.24. The number of hydrogen-bond acceptors (Lipinski definition) is 4. The minimum Gasteiger partial charge on any atom is -0.258 e. The second-order valence-corrected chi connectivity index (χ2v) is 3.89. The molecule has 1 aromatic carbocycles. The van der Waals surface area contributed by atoms with Gasteiger partial charge in [0, 0.05) is 12.1 Å². The minimum absolute atomic E-state index is 0.125. The van der Waals surface area contributed by atoms with Crippen molar-refractivity contribution in [3.05, 3.63) is 44.0 Å². The molecule has 0 aromatic heterocycles. The third-order valence-electron chi connectivity index (χ3n) is 2.13. The third-order valence-corrected chi connectivity index (χ3v) is 2.13. The van der Waals surface area contributed by atoms with Gasteiger partial charge < -0.3 is 0 Å². The first-order valence-electron chi connectivity index (χ1n) is 4.84. The van der Waals surface area contributed by atoms with Crippen LogP contribution in [0.4, 0.5) is 11.4 Å². The number of benzene rings is 1. The van der Waals surface area contributed by atoms with E-state index < -0.39 is 9.85 Å². The number of nitrogens with zero attached hydrogens (tertiary/aromatic N) is 2. The molecule has 0 saturated heterocycles. The Labute approximate surface area is 92.2 Å². The average molecular weight is 224 g/mol. The highest BCUT2D eigenvalue weighted by molar-refractivity contribution is 5.53.